The summed E-state index contributed by atoms with van der Waals surface area (Å²) in [4.78, 5) is 11.9. The smallest absolute Gasteiger partial charge is 0.251 e. The Balaban J connectivity index is 2.05. The second-order valence-corrected chi connectivity index (χ2v) is 5.18. The molecule has 1 aliphatic carbocycles. The van der Waals surface area contributed by atoms with Crippen LogP contribution in [0.4, 0.5) is 4.39 Å². The Bertz CT molecular complexity index is 458. The van der Waals surface area contributed by atoms with Gasteiger partial charge in [0.1, 0.15) is 5.82 Å². The number of halogens is 1. The van der Waals surface area contributed by atoms with Gasteiger partial charge in [-0.15, -0.1) is 0 Å². The number of hydrogen-bond donors (Lipinski definition) is 2. The molecule has 0 heterocycles. The number of carbonyl (C=O) groups excluding carboxylic acids is 1. The van der Waals surface area contributed by atoms with Crippen molar-refractivity contribution >= 4 is 5.91 Å². The third-order valence-corrected chi connectivity index (χ3v) is 3.56. The Morgan fingerprint density at radius 3 is 2.39 bits per heavy atom. The van der Waals surface area contributed by atoms with Gasteiger partial charge in [0.05, 0.1) is 5.60 Å². The van der Waals surface area contributed by atoms with Gasteiger partial charge in [-0.1, -0.05) is 0 Å². The van der Waals surface area contributed by atoms with Crippen molar-refractivity contribution in [2.45, 2.75) is 38.7 Å². The molecule has 0 atom stereocenters. The molecule has 2 N–H and O–H groups in total. The third-order valence-electron chi connectivity index (χ3n) is 3.56. The highest BCUT2D eigenvalue weighted by Crippen LogP contribution is 2.30. The Morgan fingerprint density at radius 1 is 1.39 bits per heavy atom. The molecule has 1 fully saturated rings. The first kappa shape index (κ1) is 13.0. The van der Waals surface area contributed by atoms with Crippen LogP contribution in [0.5, 0.6) is 0 Å². The predicted molar refractivity (Wildman–Crippen MR) is 67.0 cm³/mol. The molecule has 0 radical (unpaired) electrons. The molecule has 1 aromatic carbocycles. The van der Waals surface area contributed by atoms with E-state index in [-0.39, 0.29) is 18.3 Å². The maximum atomic E-state index is 13.4. The molecule has 1 saturated carbocycles. The first-order chi connectivity index (χ1) is 8.41. The first-order valence-electron chi connectivity index (χ1n) is 6.19. The van der Waals surface area contributed by atoms with Crippen molar-refractivity contribution in [3.05, 3.63) is 34.6 Å². The van der Waals surface area contributed by atoms with Crippen molar-refractivity contribution in [2.75, 3.05) is 6.54 Å². The van der Waals surface area contributed by atoms with Crippen molar-refractivity contribution in [1.82, 2.24) is 5.32 Å². The molecule has 0 bridgehead atoms. The van der Waals surface area contributed by atoms with Crippen LogP contribution in [-0.2, 0) is 0 Å². The minimum Gasteiger partial charge on any atom is -0.388 e. The molecule has 2 rings (SSSR count). The van der Waals surface area contributed by atoms with E-state index in [1.54, 1.807) is 13.8 Å². The molecule has 1 aromatic rings. The average molecular weight is 251 g/mol. The Labute approximate surface area is 106 Å². The lowest BCUT2D eigenvalue weighted by atomic mass is 9.80. The number of nitrogens with one attached hydrogen (secondary N) is 1. The number of carbonyl (C=O) groups is 1. The van der Waals surface area contributed by atoms with Crippen LogP contribution in [0.25, 0.3) is 0 Å². The zero-order chi connectivity index (χ0) is 13.3. The molecule has 0 unspecified atom stereocenters. The Morgan fingerprint density at radius 2 is 1.94 bits per heavy atom. The second kappa shape index (κ2) is 4.69. The van der Waals surface area contributed by atoms with Gasteiger partial charge < -0.3 is 10.4 Å². The van der Waals surface area contributed by atoms with E-state index >= 15 is 0 Å². The van der Waals surface area contributed by atoms with Crippen LogP contribution in [0.3, 0.4) is 0 Å². The summed E-state index contributed by atoms with van der Waals surface area (Å²) in [6, 6.07) is 3.06. The maximum Gasteiger partial charge on any atom is 0.251 e. The molecule has 0 saturated heterocycles. The normalized spacial score (nSPS) is 17.1. The molecule has 1 aliphatic rings. The highest BCUT2D eigenvalue weighted by atomic mass is 19.1. The summed E-state index contributed by atoms with van der Waals surface area (Å²) in [5.41, 5.74) is 0.624. The van der Waals surface area contributed by atoms with Crippen LogP contribution in [0.1, 0.15) is 40.7 Å². The number of rotatable bonds is 3. The minimum atomic E-state index is -0.736. The SMILES string of the molecule is Cc1cc(C(=O)NCC2(O)CCC2)cc(C)c1F. The van der Waals surface area contributed by atoms with Gasteiger partial charge in [0.15, 0.2) is 0 Å². The zero-order valence-electron chi connectivity index (χ0n) is 10.7. The van der Waals surface area contributed by atoms with Crippen molar-refractivity contribution in [1.29, 1.82) is 0 Å². The van der Waals surface area contributed by atoms with E-state index in [2.05, 4.69) is 5.32 Å². The van der Waals surface area contributed by atoms with Crippen molar-refractivity contribution < 1.29 is 14.3 Å². The van der Waals surface area contributed by atoms with Gasteiger partial charge in [-0.05, 0) is 56.4 Å². The van der Waals surface area contributed by atoms with Crippen LogP contribution in [-0.4, -0.2) is 23.2 Å². The number of amides is 1. The third kappa shape index (κ3) is 2.53. The van der Waals surface area contributed by atoms with E-state index in [9.17, 15) is 14.3 Å². The zero-order valence-corrected chi connectivity index (χ0v) is 10.7. The molecule has 0 aromatic heterocycles. The van der Waals surface area contributed by atoms with E-state index in [1.165, 1.54) is 12.1 Å². The lowest BCUT2D eigenvalue weighted by molar-refractivity contribution is -0.0300. The van der Waals surface area contributed by atoms with Gasteiger partial charge in [0.2, 0.25) is 0 Å². The topological polar surface area (TPSA) is 49.3 Å². The quantitative estimate of drug-likeness (QED) is 0.864. The highest BCUT2D eigenvalue weighted by molar-refractivity contribution is 5.94. The number of benzene rings is 1. The largest absolute Gasteiger partial charge is 0.388 e. The molecule has 0 aliphatic heterocycles. The van der Waals surface area contributed by atoms with E-state index in [1.807, 2.05) is 0 Å². The molecular formula is C14H18FNO2. The fourth-order valence-corrected chi connectivity index (χ4v) is 2.19. The van der Waals surface area contributed by atoms with Crippen LogP contribution in [0, 0.1) is 19.7 Å². The minimum absolute atomic E-state index is 0.262. The summed E-state index contributed by atoms with van der Waals surface area (Å²) in [6.07, 6.45) is 2.46. The number of hydrogen-bond acceptors (Lipinski definition) is 2. The van der Waals surface area contributed by atoms with Gasteiger partial charge in [-0.2, -0.15) is 0 Å². The summed E-state index contributed by atoms with van der Waals surface area (Å²) in [5, 5.41) is 12.6. The van der Waals surface area contributed by atoms with Gasteiger partial charge >= 0.3 is 0 Å². The summed E-state index contributed by atoms with van der Waals surface area (Å²) in [5.74, 6) is -0.536. The number of aliphatic hydroxyl groups is 1. The highest BCUT2D eigenvalue weighted by Gasteiger charge is 2.34. The fraction of sp³-hybridized carbons (Fsp3) is 0.500. The lowest BCUT2D eigenvalue weighted by Crippen LogP contribution is -2.47. The molecule has 1 amide bonds. The molecule has 4 heteroatoms. The molecule has 18 heavy (non-hydrogen) atoms. The summed E-state index contributed by atoms with van der Waals surface area (Å²) in [6.45, 7) is 3.54. The maximum absolute atomic E-state index is 13.4. The molecule has 3 nitrogen and oxygen atoms in total. The summed E-state index contributed by atoms with van der Waals surface area (Å²) in [7, 11) is 0. The summed E-state index contributed by atoms with van der Waals surface area (Å²) >= 11 is 0. The second-order valence-electron chi connectivity index (χ2n) is 5.18. The van der Waals surface area contributed by atoms with E-state index in [0.717, 1.165) is 19.3 Å². The van der Waals surface area contributed by atoms with Crippen LogP contribution >= 0.6 is 0 Å². The monoisotopic (exact) mass is 251 g/mol. The molecular weight excluding hydrogens is 233 g/mol. The van der Waals surface area contributed by atoms with Gasteiger partial charge in [0.25, 0.3) is 5.91 Å². The van der Waals surface area contributed by atoms with Crippen molar-refractivity contribution in [3.8, 4) is 0 Å². The van der Waals surface area contributed by atoms with E-state index < -0.39 is 5.60 Å². The average Bonchev–Trinajstić information content (AvgIpc) is 2.30. The Kier molecular flexibility index (Phi) is 3.39. The lowest BCUT2D eigenvalue weighted by Gasteiger charge is -2.36. The Hall–Kier alpha value is -1.42. The van der Waals surface area contributed by atoms with Gasteiger partial charge in [0, 0.05) is 12.1 Å². The van der Waals surface area contributed by atoms with Crippen LogP contribution in [0.15, 0.2) is 12.1 Å². The number of aryl methyl sites for hydroxylation is 2. The van der Waals surface area contributed by atoms with Gasteiger partial charge in [-0.3, -0.25) is 4.79 Å². The fourth-order valence-electron chi connectivity index (χ4n) is 2.19. The first-order valence-corrected chi connectivity index (χ1v) is 6.19. The van der Waals surface area contributed by atoms with Crippen LogP contribution in [0.2, 0.25) is 0 Å². The molecule has 0 spiro atoms. The van der Waals surface area contributed by atoms with Crippen LogP contribution < -0.4 is 5.32 Å². The van der Waals surface area contributed by atoms with Gasteiger partial charge in [-0.25, -0.2) is 4.39 Å². The summed E-state index contributed by atoms with van der Waals surface area (Å²) < 4.78 is 13.4. The standard InChI is InChI=1S/C14H18FNO2/c1-9-6-11(7-10(2)12(9)15)13(17)16-8-14(18)4-3-5-14/h6-7,18H,3-5,8H2,1-2H3,(H,16,17). The van der Waals surface area contributed by atoms with Crippen molar-refractivity contribution in [3.63, 3.8) is 0 Å². The van der Waals surface area contributed by atoms with Crippen molar-refractivity contribution in [2.24, 2.45) is 0 Å². The van der Waals surface area contributed by atoms with E-state index in [4.69, 9.17) is 0 Å². The molecule has 98 valence electrons. The van der Waals surface area contributed by atoms with E-state index in [0.29, 0.717) is 16.7 Å². The predicted octanol–water partition coefficient (Wildman–Crippen LogP) is 2.09.